The molecule has 3 aromatic heterocycles. The first-order chi connectivity index (χ1) is 19.9. The number of nitrogens with one attached hydrogen (secondary N) is 3. The first-order valence-corrected chi connectivity index (χ1v) is 14.1. The number of hydrogen-bond donors (Lipinski definition) is 3. The summed E-state index contributed by atoms with van der Waals surface area (Å²) in [5.74, 6) is 0.253. The smallest absolute Gasteiger partial charge is 0.224 e. The lowest BCUT2D eigenvalue weighted by molar-refractivity contribution is -0.116. The fourth-order valence-electron chi connectivity index (χ4n) is 5.28. The van der Waals surface area contributed by atoms with Gasteiger partial charge in [-0.3, -0.25) is 25.1 Å². The topological polar surface area (TPSA) is 95.1 Å². The van der Waals surface area contributed by atoms with E-state index in [4.69, 9.17) is 21.6 Å². The Hall–Kier alpha value is -4.33. The maximum atomic E-state index is 12.4. The zero-order chi connectivity index (χ0) is 28.5. The van der Waals surface area contributed by atoms with Gasteiger partial charge in [-0.05, 0) is 60.4 Å². The van der Waals surface area contributed by atoms with E-state index in [2.05, 4.69) is 57.9 Å². The monoisotopic (exact) mass is 562 g/mol. The van der Waals surface area contributed by atoms with Crippen LogP contribution in [-0.4, -0.2) is 33.2 Å². The van der Waals surface area contributed by atoms with E-state index >= 15 is 0 Å². The number of benzene rings is 2. The lowest BCUT2D eigenvalue weighted by atomic mass is 9.97. The standard InChI is InChI=1S/C33H31ClN6O/c1-19(2)10-31(41)39-25-12-22(15-35-17-25)23-13-28-32(36-16-23)20(3)37-18-38-33(28)30-14-27-26(8-5-9-29(27)40-30)21-6-4-7-24(34)11-21/h4-9,11-17,19-20,37,40H,10,18H2,1-3H3,(H,39,41)/t20-/m1/s1. The number of hydrogen-bond acceptors (Lipinski definition) is 5. The van der Waals surface area contributed by atoms with E-state index in [1.54, 1.807) is 12.4 Å². The molecule has 5 aromatic rings. The summed E-state index contributed by atoms with van der Waals surface area (Å²) in [5, 5.41) is 8.21. The summed E-state index contributed by atoms with van der Waals surface area (Å²) in [6.07, 6.45) is 5.77. The molecule has 0 bridgehead atoms. The second-order valence-corrected chi connectivity index (χ2v) is 11.3. The highest BCUT2D eigenvalue weighted by atomic mass is 35.5. The van der Waals surface area contributed by atoms with Crippen LogP contribution in [0.4, 0.5) is 5.69 Å². The van der Waals surface area contributed by atoms with Gasteiger partial charge in [-0.15, -0.1) is 0 Å². The molecule has 0 saturated heterocycles. The lowest BCUT2D eigenvalue weighted by Crippen LogP contribution is -2.18. The number of pyridine rings is 2. The van der Waals surface area contributed by atoms with Crippen molar-refractivity contribution in [1.82, 2.24) is 20.3 Å². The van der Waals surface area contributed by atoms with Gasteiger partial charge in [-0.2, -0.15) is 0 Å². The van der Waals surface area contributed by atoms with Crippen LogP contribution in [0.2, 0.25) is 5.02 Å². The maximum absolute atomic E-state index is 12.4. The van der Waals surface area contributed by atoms with Gasteiger partial charge in [0.25, 0.3) is 0 Å². The number of amides is 1. The van der Waals surface area contributed by atoms with Gasteiger partial charge < -0.3 is 10.3 Å². The number of fused-ring (bicyclic) bond motifs is 2. The van der Waals surface area contributed by atoms with E-state index in [1.807, 2.05) is 50.4 Å². The molecular formula is C33H31ClN6O. The van der Waals surface area contributed by atoms with Gasteiger partial charge in [0.05, 0.1) is 35.7 Å². The van der Waals surface area contributed by atoms with Crippen molar-refractivity contribution in [3.63, 3.8) is 0 Å². The van der Waals surface area contributed by atoms with E-state index in [-0.39, 0.29) is 17.9 Å². The van der Waals surface area contributed by atoms with E-state index < -0.39 is 0 Å². The van der Waals surface area contributed by atoms with Crippen molar-refractivity contribution in [2.75, 3.05) is 12.0 Å². The number of aromatic nitrogens is 3. The third-order valence-corrected chi connectivity index (χ3v) is 7.46. The number of aliphatic imine (C=N–C) groups is 1. The van der Waals surface area contributed by atoms with Crippen molar-refractivity contribution in [1.29, 1.82) is 0 Å². The zero-order valence-corrected chi connectivity index (χ0v) is 24.0. The van der Waals surface area contributed by atoms with E-state index in [1.165, 1.54) is 0 Å². The Bertz CT molecular complexity index is 1790. The minimum atomic E-state index is -0.0238. The fraction of sp³-hybridized carbons (Fsp3) is 0.212. The molecule has 0 saturated carbocycles. The Labute approximate surface area is 244 Å². The van der Waals surface area contributed by atoms with Crippen molar-refractivity contribution < 1.29 is 4.79 Å². The van der Waals surface area contributed by atoms with Crippen molar-refractivity contribution in [2.45, 2.75) is 33.2 Å². The zero-order valence-electron chi connectivity index (χ0n) is 23.2. The summed E-state index contributed by atoms with van der Waals surface area (Å²) in [4.78, 5) is 30.2. The summed E-state index contributed by atoms with van der Waals surface area (Å²) in [7, 11) is 0. The molecule has 6 rings (SSSR count). The summed E-state index contributed by atoms with van der Waals surface area (Å²) >= 11 is 6.31. The third kappa shape index (κ3) is 5.64. The van der Waals surface area contributed by atoms with Gasteiger partial charge in [0, 0.05) is 57.5 Å². The third-order valence-electron chi connectivity index (χ3n) is 7.22. The van der Waals surface area contributed by atoms with Gasteiger partial charge in [-0.25, -0.2) is 0 Å². The lowest BCUT2D eigenvalue weighted by Gasteiger charge is -2.15. The van der Waals surface area contributed by atoms with E-state index in [0.29, 0.717) is 23.8 Å². The minimum Gasteiger partial charge on any atom is -0.353 e. The van der Waals surface area contributed by atoms with Crippen molar-refractivity contribution in [3.8, 4) is 22.3 Å². The minimum absolute atomic E-state index is 0.0199. The number of aromatic amines is 1. The van der Waals surface area contributed by atoms with Crippen LogP contribution < -0.4 is 10.6 Å². The molecule has 0 aliphatic carbocycles. The normalized spacial score (nSPS) is 15.0. The second kappa shape index (κ2) is 11.3. The van der Waals surface area contributed by atoms with Gasteiger partial charge in [0.15, 0.2) is 0 Å². The Morgan fingerprint density at radius 2 is 1.83 bits per heavy atom. The van der Waals surface area contributed by atoms with E-state index in [9.17, 15) is 4.79 Å². The fourth-order valence-corrected chi connectivity index (χ4v) is 5.47. The van der Waals surface area contributed by atoms with Gasteiger partial charge in [0.2, 0.25) is 5.91 Å². The maximum Gasteiger partial charge on any atom is 0.224 e. The molecule has 0 unspecified atom stereocenters. The van der Waals surface area contributed by atoms with Crippen LogP contribution in [0.15, 0.2) is 84.2 Å². The van der Waals surface area contributed by atoms with Crippen molar-refractivity contribution >= 4 is 39.8 Å². The highest BCUT2D eigenvalue weighted by Crippen LogP contribution is 2.33. The molecule has 4 heterocycles. The molecule has 0 fully saturated rings. The number of halogens is 1. The van der Waals surface area contributed by atoms with E-state index in [0.717, 1.165) is 55.8 Å². The summed E-state index contributed by atoms with van der Waals surface area (Å²) in [5.41, 5.74) is 9.24. The van der Waals surface area contributed by atoms with Crippen LogP contribution in [0.25, 0.3) is 33.2 Å². The van der Waals surface area contributed by atoms with Crippen LogP contribution >= 0.6 is 11.6 Å². The molecule has 41 heavy (non-hydrogen) atoms. The number of nitrogens with zero attached hydrogens (tertiary/aromatic N) is 3. The number of carbonyl (C=O) groups excluding carboxylic acids is 1. The highest BCUT2D eigenvalue weighted by molar-refractivity contribution is 6.31. The Balaban J connectivity index is 1.41. The number of anilines is 1. The molecule has 0 radical (unpaired) electrons. The van der Waals surface area contributed by atoms with Crippen LogP contribution in [-0.2, 0) is 4.79 Å². The summed E-state index contributed by atoms with van der Waals surface area (Å²) in [6, 6.07) is 20.4. The first kappa shape index (κ1) is 26.9. The van der Waals surface area contributed by atoms with Crippen LogP contribution in [0, 0.1) is 5.92 Å². The number of rotatable bonds is 6. The molecule has 1 aliphatic heterocycles. The molecule has 1 atom stereocenters. The first-order valence-electron chi connectivity index (χ1n) is 13.8. The van der Waals surface area contributed by atoms with Crippen molar-refractivity contribution in [2.24, 2.45) is 10.9 Å². The van der Waals surface area contributed by atoms with Gasteiger partial charge >= 0.3 is 0 Å². The van der Waals surface area contributed by atoms with Crippen molar-refractivity contribution in [3.05, 3.63) is 101 Å². The summed E-state index contributed by atoms with van der Waals surface area (Å²) in [6.45, 7) is 6.61. The van der Waals surface area contributed by atoms with Gasteiger partial charge in [0.1, 0.15) is 0 Å². The van der Waals surface area contributed by atoms with Crippen LogP contribution in [0.1, 0.15) is 50.2 Å². The predicted octanol–water partition coefficient (Wildman–Crippen LogP) is 7.39. The largest absolute Gasteiger partial charge is 0.353 e. The molecule has 1 amide bonds. The Kier molecular flexibility index (Phi) is 7.39. The molecule has 206 valence electrons. The predicted molar refractivity (Wildman–Crippen MR) is 166 cm³/mol. The Morgan fingerprint density at radius 1 is 1.00 bits per heavy atom. The Morgan fingerprint density at radius 3 is 2.66 bits per heavy atom. The average molecular weight is 563 g/mol. The van der Waals surface area contributed by atoms with Crippen LogP contribution in [0.3, 0.4) is 0 Å². The molecule has 8 heteroatoms. The molecule has 3 N–H and O–H groups in total. The molecule has 1 aliphatic rings. The average Bonchev–Trinajstić information content (AvgIpc) is 3.31. The number of H-pyrrole nitrogens is 1. The quantitative estimate of drug-likeness (QED) is 0.201. The van der Waals surface area contributed by atoms with Gasteiger partial charge in [-0.1, -0.05) is 49.7 Å². The summed E-state index contributed by atoms with van der Waals surface area (Å²) < 4.78 is 0. The molecule has 0 spiro atoms. The number of carbonyl (C=O) groups is 1. The molecule has 2 aromatic carbocycles. The van der Waals surface area contributed by atoms with Crippen LogP contribution in [0.5, 0.6) is 0 Å². The molecule has 7 nitrogen and oxygen atoms in total. The second-order valence-electron chi connectivity index (χ2n) is 10.8. The molecular weight excluding hydrogens is 532 g/mol. The SMILES string of the molecule is CC(C)CC(=O)Nc1cncc(-c2cnc3c(c2)C(c2cc4c(-c5cccc(Cl)c5)cccc4[nH]2)=NCN[C@@H]3C)c1. The highest BCUT2D eigenvalue weighted by Gasteiger charge is 2.23.